The van der Waals surface area contributed by atoms with Crippen LogP contribution in [0.3, 0.4) is 0 Å². The summed E-state index contributed by atoms with van der Waals surface area (Å²) in [5.41, 5.74) is -0.155. The zero-order chi connectivity index (χ0) is 16.7. The molecule has 0 aliphatic rings. The van der Waals surface area contributed by atoms with E-state index in [4.69, 9.17) is 5.11 Å². The summed E-state index contributed by atoms with van der Waals surface area (Å²) in [6, 6.07) is 4.97. The maximum atomic E-state index is 12.4. The predicted molar refractivity (Wildman–Crippen MR) is 81.0 cm³/mol. The molecule has 0 aliphatic heterocycles. The van der Waals surface area contributed by atoms with Gasteiger partial charge in [0.05, 0.1) is 11.2 Å². The summed E-state index contributed by atoms with van der Waals surface area (Å²) in [5, 5.41) is 17.0. The number of benzene rings is 1. The van der Waals surface area contributed by atoms with Gasteiger partial charge in [-0.25, -0.2) is 14.3 Å². The van der Waals surface area contributed by atoms with Gasteiger partial charge in [0.25, 0.3) is 5.56 Å². The Bertz CT molecular complexity index is 1040. The number of aryl methyl sites for hydroxylation is 1. The van der Waals surface area contributed by atoms with Crippen LogP contribution in [0.2, 0.25) is 0 Å². The largest absolute Gasteiger partial charge is 0.477 e. The summed E-state index contributed by atoms with van der Waals surface area (Å²) in [7, 11) is 1.74. The molecule has 3 rings (SSSR count). The third kappa shape index (κ3) is 2.22. The number of carbonyl (C=O) groups is 1. The second kappa shape index (κ2) is 5.20. The number of nitrogens with zero attached hydrogens (tertiary/aromatic N) is 5. The van der Waals surface area contributed by atoms with Gasteiger partial charge in [0.1, 0.15) is 11.1 Å². The van der Waals surface area contributed by atoms with Gasteiger partial charge in [-0.2, -0.15) is 0 Å². The molecule has 118 valence electrons. The third-order valence-corrected chi connectivity index (χ3v) is 3.59. The topological polar surface area (TPSA) is 112 Å². The van der Waals surface area contributed by atoms with Crippen molar-refractivity contribution in [1.29, 1.82) is 0 Å². The van der Waals surface area contributed by atoms with E-state index in [9.17, 15) is 14.4 Å². The van der Waals surface area contributed by atoms with Crippen LogP contribution in [-0.2, 0) is 13.6 Å². The molecule has 0 saturated heterocycles. The maximum Gasteiger partial charge on any atom is 0.342 e. The lowest BCUT2D eigenvalue weighted by atomic mass is 10.2. The average Bonchev–Trinajstić information content (AvgIpc) is 2.88. The second-order valence-electron chi connectivity index (χ2n) is 4.94. The third-order valence-electron chi connectivity index (χ3n) is 3.59. The molecule has 0 unspecified atom stereocenters. The number of aromatic carboxylic acids is 1. The van der Waals surface area contributed by atoms with Crippen molar-refractivity contribution in [1.82, 2.24) is 24.1 Å². The molecule has 0 aliphatic carbocycles. The van der Waals surface area contributed by atoms with Gasteiger partial charge < -0.3 is 5.11 Å². The molecule has 0 amide bonds. The minimum Gasteiger partial charge on any atom is -0.477 e. The summed E-state index contributed by atoms with van der Waals surface area (Å²) < 4.78 is 3.59. The number of carboxylic acid groups (broad SMARTS) is 1. The fourth-order valence-electron chi connectivity index (χ4n) is 2.39. The van der Waals surface area contributed by atoms with Gasteiger partial charge in [-0.05, 0) is 25.1 Å². The number of carboxylic acids is 1. The highest BCUT2D eigenvalue weighted by molar-refractivity contribution is 5.87. The summed E-state index contributed by atoms with van der Waals surface area (Å²) in [6.07, 6.45) is 1.04. The minimum atomic E-state index is -1.38. The zero-order valence-electron chi connectivity index (χ0n) is 12.4. The lowest BCUT2D eigenvalue weighted by Gasteiger charge is -2.10. The normalized spacial score (nSPS) is 11.0. The summed E-state index contributed by atoms with van der Waals surface area (Å²) >= 11 is 0. The molecular weight excluding hydrogens is 302 g/mol. The zero-order valence-corrected chi connectivity index (χ0v) is 12.4. The molecule has 2 aromatic heterocycles. The SMILES string of the molecule is CCn1c(=O)c(C(=O)O)cn(-c2ccc3c(c2)nnn3C)c1=O. The van der Waals surface area contributed by atoms with Crippen molar-refractivity contribution in [2.75, 3.05) is 0 Å². The van der Waals surface area contributed by atoms with E-state index in [1.165, 1.54) is 0 Å². The Morgan fingerprint density at radius 2 is 2.04 bits per heavy atom. The quantitative estimate of drug-likeness (QED) is 0.728. The first-order chi connectivity index (χ1) is 10.9. The van der Waals surface area contributed by atoms with E-state index >= 15 is 0 Å². The molecule has 1 aromatic carbocycles. The Hall–Kier alpha value is -3.23. The van der Waals surface area contributed by atoms with Crippen LogP contribution in [0.4, 0.5) is 0 Å². The van der Waals surface area contributed by atoms with Crippen molar-refractivity contribution in [3.63, 3.8) is 0 Å². The lowest BCUT2D eigenvalue weighted by Crippen LogP contribution is -2.41. The van der Waals surface area contributed by atoms with Crippen molar-refractivity contribution < 1.29 is 9.90 Å². The number of rotatable bonds is 3. The Morgan fingerprint density at radius 1 is 1.30 bits per heavy atom. The summed E-state index contributed by atoms with van der Waals surface area (Å²) in [5.74, 6) is -1.38. The first-order valence-corrected chi connectivity index (χ1v) is 6.83. The molecule has 0 spiro atoms. The monoisotopic (exact) mass is 315 g/mol. The molecule has 2 heterocycles. The average molecular weight is 315 g/mol. The lowest BCUT2D eigenvalue weighted by molar-refractivity contribution is 0.0693. The molecule has 23 heavy (non-hydrogen) atoms. The van der Waals surface area contributed by atoms with Gasteiger partial charge >= 0.3 is 11.7 Å². The fraction of sp³-hybridized carbons (Fsp3) is 0.214. The van der Waals surface area contributed by atoms with E-state index in [1.54, 1.807) is 36.9 Å². The van der Waals surface area contributed by atoms with Gasteiger partial charge in [-0.3, -0.25) is 13.9 Å². The molecule has 1 N–H and O–H groups in total. The van der Waals surface area contributed by atoms with E-state index in [1.807, 2.05) is 0 Å². The molecule has 9 heteroatoms. The highest BCUT2D eigenvalue weighted by Gasteiger charge is 2.17. The van der Waals surface area contributed by atoms with Crippen LogP contribution in [0.15, 0.2) is 34.0 Å². The first-order valence-electron chi connectivity index (χ1n) is 6.83. The highest BCUT2D eigenvalue weighted by atomic mass is 16.4. The van der Waals surface area contributed by atoms with Gasteiger partial charge in [0, 0.05) is 19.8 Å². The smallest absolute Gasteiger partial charge is 0.342 e. The van der Waals surface area contributed by atoms with Gasteiger partial charge in [0.15, 0.2) is 0 Å². The molecule has 0 fully saturated rings. The van der Waals surface area contributed by atoms with Gasteiger partial charge in [-0.1, -0.05) is 5.21 Å². The second-order valence-corrected chi connectivity index (χ2v) is 4.94. The fourth-order valence-corrected chi connectivity index (χ4v) is 2.39. The van der Waals surface area contributed by atoms with E-state index < -0.39 is 22.8 Å². The van der Waals surface area contributed by atoms with Crippen LogP contribution < -0.4 is 11.2 Å². The maximum absolute atomic E-state index is 12.4. The Balaban J connectivity index is 2.33. The van der Waals surface area contributed by atoms with Crippen LogP contribution in [-0.4, -0.2) is 35.2 Å². The van der Waals surface area contributed by atoms with Crippen LogP contribution in [0.1, 0.15) is 17.3 Å². The van der Waals surface area contributed by atoms with Crippen molar-refractivity contribution in [2.24, 2.45) is 7.05 Å². The van der Waals surface area contributed by atoms with Crippen molar-refractivity contribution >= 4 is 17.0 Å². The molecular formula is C14H13N5O4. The Labute approximate surface area is 129 Å². The Kier molecular flexibility index (Phi) is 3.32. The van der Waals surface area contributed by atoms with Crippen LogP contribution in [0.25, 0.3) is 16.7 Å². The van der Waals surface area contributed by atoms with Crippen LogP contribution in [0, 0.1) is 0 Å². The van der Waals surface area contributed by atoms with Gasteiger partial charge in [-0.15, -0.1) is 5.10 Å². The van der Waals surface area contributed by atoms with E-state index in [2.05, 4.69) is 10.3 Å². The number of aromatic nitrogens is 5. The number of hydrogen-bond donors (Lipinski definition) is 1. The highest BCUT2D eigenvalue weighted by Crippen LogP contribution is 2.14. The van der Waals surface area contributed by atoms with Crippen LogP contribution in [0.5, 0.6) is 0 Å². The van der Waals surface area contributed by atoms with Crippen LogP contribution >= 0.6 is 0 Å². The predicted octanol–water partition coefficient (Wildman–Crippen LogP) is -0.00100. The molecule has 0 bridgehead atoms. The van der Waals surface area contributed by atoms with Gasteiger partial charge in [0.2, 0.25) is 0 Å². The van der Waals surface area contributed by atoms with Crippen molar-refractivity contribution in [3.8, 4) is 5.69 Å². The molecule has 3 aromatic rings. The number of hydrogen-bond acceptors (Lipinski definition) is 5. The summed E-state index contributed by atoms with van der Waals surface area (Å²) in [6.45, 7) is 1.68. The minimum absolute atomic E-state index is 0.0756. The molecule has 0 atom stereocenters. The van der Waals surface area contributed by atoms with E-state index in [-0.39, 0.29) is 6.54 Å². The molecule has 0 radical (unpaired) electrons. The summed E-state index contributed by atoms with van der Waals surface area (Å²) in [4.78, 5) is 35.7. The number of fused-ring (bicyclic) bond motifs is 1. The van der Waals surface area contributed by atoms with Crippen molar-refractivity contribution in [2.45, 2.75) is 13.5 Å². The Morgan fingerprint density at radius 3 is 2.70 bits per heavy atom. The molecule has 9 nitrogen and oxygen atoms in total. The van der Waals surface area contributed by atoms with E-state index in [0.717, 1.165) is 20.8 Å². The van der Waals surface area contributed by atoms with Crippen molar-refractivity contribution in [3.05, 3.63) is 50.8 Å². The van der Waals surface area contributed by atoms with E-state index in [0.29, 0.717) is 11.2 Å². The first kappa shape index (κ1) is 14.7. The standard InChI is InChI=1S/C14H13N5O4/c1-3-18-12(20)9(13(21)22)7-19(14(18)23)8-4-5-11-10(6-8)15-16-17(11)2/h4-7H,3H2,1-2H3,(H,21,22). The molecule has 0 saturated carbocycles.